The first-order valence-corrected chi connectivity index (χ1v) is 12.4. The van der Waals surface area contributed by atoms with Crippen molar-refractivity contribution < 1.29 is 58.7 Å². The Balaban J connectivity index is 0.000000227. The SMILES string of the molecule is O=C(O)CCCC[C@@H]1SC[C@@H]2NC(=O)N[C@@H]21.O=P(O)(O)OC[C@H]1O[C@H](O)[C@@H](O)[C@@H](O)[C@@H]1O. The van der Waals surface area contributed by atoms with Crippen molar-refractivity contribution in [3.05, 3.63) is 0 Å². The van der Waals surface area contributed by atoms with Crippen molar-refractivity contribution in [2.45, 2.75) is 73.7 Å². The highest BCUT2D eigenvalue weighted by Crippen LogP contribution is 2.37. The van der Waals surface area contributed by atoms with Gasteiger partial charge < -0.3 is 50.7 Å². The van der Waals surface area contributed by atoms with E-state index in [-0.39, 0.29) is 24.5 Å². The number of ether oxygens (including phenoxy) is 1. The molecule has 3 saturated heterocycles. The third-order valence-corrected chi connectivity index (χ3v) is 7.16. The lowest BCUT2D eigenvalue weighted by atomic mass is 10.00. The molecule has 14 nitrogen and oxygen atoms in total. The Morgan fingerprint density at radius 3 is 2.44 bits per heavy atom. The van der Waals surface area contributed by atoms with E-state index in [1.807, 2.05) is 11.8 Å². The highest BCUT2D eigenvalue weighted by atomic mass is 32.2. The van der Waals surface area contributed by atoms with Crippen LogP contribution >= 0.6 is 19.6 Å². The van der Waals surface area contributed by atoms with Crippen LogP contribution in [0.15, 0.2) is 0 Å². The number of rotatable bonds is 8. The van der Waals surface area contributed by atoms with Crippen LogP contribution in [0.1, 0.15) is 25.7 Å². The topological polar surface area (TPSA) is 235 Å². The quantitative estimate of drug-likeness (QED) is 0.0961. The summed E-state index contributed by atoms with van der Waals surface area (Å²) in [5, 5.41) is 51.5. The van der Waals surface area contributed by atoms with Crippen LogP contribution in [0.2, 0.25) is 0 Å². The molecule has 0 saturated carbocycles. The number of hydrogen-bond acceptors (Lipinski definition) is 10. The van der Waals surface area contributed by atoms with Crippen LogP contribution in [0.25, 0.3) is 0 Å². The van der Waals surface area contributed by atoms with E-state index in [1.54, 1.807) is 0 Å². The first kappa shape index (κ1) is 27.2. The lowest BCUT2D eigenvalue weighted by Gasteiger charge is -2.38. The second-order valence-corrected chi connectivity index (χ2v) is 10.1. The standard InChI is InChI=1S/C10H16N2O3S.C6H13O9P/c13-8(14)4-2-1-3-7-9-6(5-16-7)11-10(15)12-9;7-3-2(1-14-16(11,12)13)15-6(10)5(9)4(3)8/h6-7,9H,1-5H2,(H,13,14)(H2,11,12,15);2-10H,1H2,(H2,11,12,13)/t6-,7-,9-;2-,3-,4+,5+,6+/m01/s1. The first-order valence-electron chi connectivity index (χ1n) is 9.87. The molecule has 2 amide bonds. The third kappa shape index (κ3) is 8.09. The molecule has 3 heterocycles. The molecule has 0 aromatic heterocycles. The summed E-state index contributed by atoms with van der Waals surface area (Å²) in [5.41, 5.74) is 0. The van der Waals surface area contributed by atoms with Gasteiger partial charge >= 0.3 is 19.8 Å². The van der Waals surface area contributed by atoms with Gasteiger partial charge in [0.2, 0.25) is 0 Å². The molecule has 16 heteroatoms. The largest absolute Gasteiger partial charge is 0.481 e. The molecular formula is C16H29N2O12PS. The second kappa shape index (κ2) is 11.9. The molecule has 0 aliphatic carbocycles. The Labute approximate surface area is 187 Å². The number of aliphatic carboxylic acids is 1. The van der Waals surface area contributed by atoms with Gasteiger partial charge in [-0.1, -0.05) is 6.42 Å². The van der Waals surface area contributed by atoms with E-state index in [0.29, 0.717) is 5.25 Å². The molecule has 3 fully saturated rings. The fraction of sp³-hybridized carbons (Fsp3) is 0.875. The maximum Gasteiger partial charge on any atom is 0.469 e. The highest BCUT2D eigenvalue weighted by Gasteiger charge is 2.44. The van der Waals surface area contributed by atoms with Gasteiger partial charge in [-0.3, -0.25) is 9.32 Å². The molecule has 0 spiro atoms. The number of amides is 2. The summed E-state index contributed by atoms with van der Waals surface area (Å²) in [6.45, 7) is -0.730. The van der Waals surface area contributed by atoms with Gasteiger partial charge in [-0.2, -0.15) is 11.8 Å². The number of hydrogen-bond donors (Lipinski definition) is 9. The van der Waals surface area contributed by atoms with Crippen molar-refractivity contribution in [1.82, 2.24) is 10.6 Å². The fourth-order valence-corrected chi connectivity index (χ4v) is 5.39. The van der Waals surface area contributed by atoms with E-state index >= 15 is 0 Å². The molecule has 3 aliphatic heterocycles. The minimum absolute atomic E-state index is 0.0640. The Morgan fingerprint density at radius 1 is 1.12 bits per heavy atom. The van der Waals surface area contributed by atoms with Crippen molar-refractivity contribution in [2.24, 2.45) is 0 Å². The average molecular weight is 504 g/mol. The van der Waals surface area contributed by atoms with Gasteiger partial charge in [0.05, 0.1) is 18.7 Å². The smallest absolute Gasteiger partial charge is 0.469 e. The molecule has 0 aromatic carbocycles. The number of carbonyl (C=O) groups excluding carboxylic acids is 1. The van der Waals surface area contributed by atoms with Gasteiger partial charge in [-0.05, 0) is 12.8 Å². The summed E-state index contributed by atoms with van der Waals surface area (Å²) in [6.07, 6.45) is -5.23. The van der Waals surface area contributed by atoms with E-state index in [1.165, 1.54) is 0 Å². The Hall–Kier alpha value is -1.00. The van der Waals surface area contributed by atoms with Crippen molar-refractivity contribution in [1.29, 1.82) is 0 Å². The first-order chi connectivity index (χ1) is 14.9. The van der Waals surface area contributed by atoms with E-state index in [4.69, 9.17) is 25.1 Å². The van der Waals surface area contributed by atoms with Crippen molar-refractivity contribution in [3.63, 3.8) is 0 Å². The monoisotopic (exact) mass is 504 g/mol. The third-order valence-electron chi connectivity index (χ3n) is 5.16. The highest BCUT2D eigenvalue weighted by molar-refractivity contribution is 8.00. The number of aliphatic hydroxyl groups is 4. The molecule has 0 radical (unpaired) electrons. The molecule has 0 aromatic rings. The predicted molar refractivity (Wildman–Crippen MR) is 108 cm³/mol. The number of carboxylic acid groups (broad SMARTS) is 1. The number of phosphoric ester groups is 1. The Bertz CT molecular complexity index is 696. The Kier molecular flexibility index (Phi) is 10.2. The maximum atomic E-state index is 11.1. The van der Waals surface area contributed by atoms with Crippen LogP contribution in [0.3, 0.4) is 0 Å². The minimum Gasteiger partial charge on any atom is -0.481 e. The van der Waals surface area contributed by atoms with Crippen LogP contribution in [0.4, 0.5) is 4.79 Å². The zero-order valence-electron chi connectivity index (χ0n) is 16.9. The average Bonchev–Trinajstić information content (AvgIpc) is 3.24. The van der Waals surface area contributed by atoms with Crippen LogP contribution in [0.5, 0.6) is 0 Å². The minimum atomic E-state index is -4.73. The van der Waals surface area contributed by atoms with Gasteiger partial charge in [0.1, 0.15) is 24.4 Å². The number of carboxylic acids is 1. The predicted octanol–water partition coefficient (Wildman–Crippen LogP) is -2.31. The molecular weight excluding hydrogens is 475 g/mol. The van der Waals surface area contributed by atoms with Gasteiger partial charge in [0.15, 0.2) is 6.29 Å². The normalized spacial score (nSPS) is 36.5. The second-order valence-electron chi connectivity index (χ2n) is 7.58. The lowest BCUT2D eigenvalue weighted by molar-refractivity contribution is -0.285. The van der Waals surface area contributed by atoms with Gasteiger partial charge in [0, 0.05) is 17.4 Å². The molecule has 3 rings (SSSR count). The fourth-order valence-electron chi connectivity index (χ4n) is 3.50. The zero-order chi connectivity index (χ0) is 24.1. The number of thioether (sulfide) groups is 1. The van der Waals surface area contributed by atoms with E-state index in [9.17, 15) is 24.4 Å². The van der Waals surface area contributed by atoms with E-state index < -0.39 is 51.1 Å². The van der Waals surface area contributed by atoms with Crippen molar-refractivity contribution in [3.8, 4) is 0 Å². The Morgan fingerprint density at radius 2 is 1.81 bits per heavy atom. The molecule has 186 valence electrons. The summed E-state index contributed by atoms with van der Waals surface area (Å²) >= 11 is 1.87. The van der Waals surface area contributed by atoms with Crippen molar-refractivity contribution in [2.75, 3.05) is 12.4 Å². The number of fused-ring (bicyclic) bond motifs is 1. The molecule has 0 bridgehead atoms. The summed E-state index contributed by atoms with van der Waals surface area (Å²) < 4.78 is 19.0. The lowest BCUT2D eigenvalue weighted by Crippen LogP contribution is -2.58. The van der Waals surface area contributed by atoms with Gasteiger partial charge in [-0.25, -0.2) is 9.36 Å². The number of phosphoric acid groups is 1. The molecule has 3 aliphatic rings. The van der Waals surface area contributed by atoms with Crippen LogP contribution in [-0.2, 0) is 18.6 Å². The number of aliphatic hydroxyl groups excluding tert-OH is 4. The van der Waals surface area contributed by atoms with Crippen LogP contribution in [-0.4, -0.2) is 108 Å². The molecule has 32 heavy (non-hydrogen) atoms. The maximum absolute atomic E-state index is 11.1. The number of carbonyl (C=O) groups is 2. The van der Waals surface area contributed by atoms with Crippen LogP contribution < -0.4 is 10.6 Å². The molecule has 8 atom stereocenters. The van der Waals surface area contributed by atoms with Gasteiger partial charge in [-0.15, -0.1) is 0 Å². The number of unbranched alkanes of at least 4 members (excludes halogenated alkanes) is 1. The van der Waals surface area contributed by atoms with Crippen LogP contribution in [0, 0.1) is 0 Å². The summed E-state index contributed by atoms with van der Waals surface area (Å²) in [4.78, 5) is 38.3. The van der Waals surface area contributed by atoms with Crippen molar-refractivity contribution >= 4 is 31.6 Å². The number of nitrogens with one attached hydrogen (secondary N) is 2. The zero-order valence-corrected chi connectivity index (χ0v) is 18.6. The molecule has 0 unspecified atom stereocenters. The molecule has 9 N–H and O–H groups in total. The summed E-state index contributed by atoms with van der Waals surface area (Å²) in [7, 11) is -4.73. The van der Waals surface area contributed by atoms with E-state index in [2.05, 4.69) is 19.9 Å². The van der Waals surface area contributed by atoms with E-state index in [0.717, 1.165) is 25.0 Å². The summed E-state index contributed by atoms with van der Waals surface area (Å²) in [5.74, 6) is 0.236. The summed E-state index contributed by atoms with van der Waals surface area (Å²) in [6, 6.07) is 0.440. The number of urea groups is 1. The van der Waals surface area contributed by atoms with Gasteiger partial charge in [0.25, 0.3) is 0 Å².